The summed E-state index contributed by atoms with van der Waals surface area (Å²) in [4.78, 5) is 16.4. The first kappa shape index (κ1) is 13.9. The number of carbonyl (C=O) groups excluding carboxylic acids is 1. The first-order valence-corrected chi connectivity index (χ1v) is 7.05. The van der Waals surface area contributed by atoms with Gasteiger partial charge in [0, 0.05) is 16.8 Å². The number of halogens is 2. The van der Waals surface area contributed by atoms with E-state index >= 15 is 0 Å². The standard InChI is InChI=1S/C15H11Cl2N3O/c16-11-6-4-10(5-7-11)15(21)18-8-12-9-20-13(17)2-1-3-14(20)19-12/h1-7,9H,8H2,(H,18,21). The fraction of sp³-hybridized carbons (Fsp3) is 0.0667. The smallest absolute Gasteiger partial charge is 0.251 e. The number of carbonyl (C=O) groups is 1. The van der Waals surface area contributed by atoms with Gasteiger partial charge in [-0.1, -0.05) is 29.3 Å². The van der Waals surface area contributed by atoms with Gasteiger partial charge in [0.1, 0.15) is 10.8 Å². The monoisotopic (exact) mass is 319 g/mol. The molecule has 0 saturated heterocycles. The second-order valence-corrected chi connectivity index (χ2v) is 5.32. The zero-order chi connectivity index (χ0) is 14.8. The minimum Gasteiger partial charge on any atom is -0.346 e. The lowest BCUT2D eigenvalue weighted by atomic mass is 10.2. The maximum atomic E-state index is 12.0. The van der Waals surface area contributed by atoms with Crippen molar-refractivity contribution < 1.29 is 4.79 Å². The van der Waals surface area contributed by atoms with Gasteiger partial charge in [0.25, 0.3) is 5.91 Å². The van der Waals surface area contributed by atoms with Gasteiger partial charge in [-0.25, -0.2) is 4.98 Å². The van der Waals surface area contributed by atoms with E-state index in [-0.39, 0.29) is 5.91 Å². The van der Waals surface area contributed by atoms with Crippen molar-refractivity contribution in [3.8, 4) is 0 Å². The number of pyridine rings is 1. The number of hydrogen-bond acceptors (Lipinski definition) is 2. The van der Waals surface area contributed by atoms with Gasteiger partial charge in [0.05, 0.1) is 12.2 Å². The molecule has 0 aliphatic heterocycles. The Kier molecular flexibility index (Phi) is 3.82. The minimum absolute atomic E-state index is 0.171. The molecule has 0 bridgehead atoms. The third-order valence-electron chi connectivity index (χ3n) is 3.03. The molecule has 2 heterocycles. The highest BCUT2D eigenvalue weighted by Crippen LogP contribution is 2.13. The lowest BCUT2D eigenvalue weighted by Crippen LogP contribution is -2.22. The Balaban J connectivity index is 1.72. The molecule has 3 aromatic rings. The number of nitrogens with zero attached hydrogens (tertiary/aromatic N) is 2. The van der Waals surface area contributed by atoms with Crippen LogP contribution in [-0.2, 0) is 6.54 Å². The van der Waals surface area contributed by atoms with Crippen LogP contribution in [0, 0.1) is 0 Å². The summed E-state index contributed by atoms with van der Waals surface area (Å²) >= 11 is 11.9. The van der Waals surface area contributed by atoms with Crippen molar-refractivity contribution in [2.24, 2.45) is 0 Å². The molecule has 0 aliphatic carbocycles. The zero-order valence-electron chi connectivity index (χ0n) is 10.9. The van der Waals surface area contributed by atoms with Crippen LogP contribution in [0.25, 0.3) is 5.65 Å². The molecule has 6 heteroatoms. The maximum absolute atomic E-state index is 12.0. The van der Waals surface area contributed by atoms with Crippen LogP contribution >= 0.6 is 23.2 Å². The second kappa shape index (κ2) is 5.76. The van der Waals surface area contributed by atoms with Gasteiger partial charge < -0.3 is 5.32 Å². The molecule has 0 saturated carbocycles. The number of amides is 1. The average molecular weight is 320 g/mol. The first-order valence-electron chi connectivity index (χ1n) is 6.30. The summed E-state index contributed by atoms with van der Waals surface area (Å²) in [6.45, 7) is 0.333. The lowest BCUT2D eigenvalue weighted by molar-refractivity contribution is 0.0950. The van der Waals surface area contributed by atoms with E-state index in [4.69, 9.17) is 23.2 Å². The van der Waals surface area contributed by atoms with Gasteiger partial charge in [0.2, 0.25) is 0 Å². The number of nitrogens with one attached hydrogen (secondary N) is 1. The lowest BCUT2D eigenvalue weighted by Gasteiger charge is -2.03. The molecule has 4 nitrogen and oxygen atoms in total. The Morgan fingerprint density at radius 1 is 1.14 bits per heavy atom. The van der Waals surface area contributed by atoms with Crippen molar-refractivity contribution in [1.82, 2.24) is 14.7 Å². The predicted octanol–water partition coefficient (Wildman–Crippen LogP) is 3.57. The van der Waals surface area contributed by atoms with E-state index in [1.54, 1.807) is 40.9 Å². The fourth-order valence-corrected chi connectivity index (χ4v) is 2.32. The van der Waals surface area contributed by atoms with E-state index in [9.17, 15) is 4.79 Å². The molecule has 1 amide bonds. The third-order valence-corrected chi connectivity index (χ3v) is 3.59. The highest BCUT2D eigenvalue weighted by Gasteiger charge is 2.08. The predicted molar refractivity (Wildman–Crippen MR) is 82.8 cm³/mol. The summed E-state index contributed by atoms with van der Waals surface area (Å²) in [5.41, 5.74) is 2.05. The van der Waals surface area contributed by atoms with Gasteiger partial charge in [-0.2, -0.15) is 0 Å². The molecule has 21 heavy (non-hydrogen) atoms. The normalized spacial score (nSPS) is 10.8. The largest absolute Gasteiger partial charge is 0.346 e. The molecule has 0 aliphatic rings. The van der Waals surface area contributed by atoms with E-state index in [2.05, 4.69) is 10.3 Å². The van der Waals surface area contributed by atoms with Crippen LogP contribution < -0.4 is 5.32 Å². The maximum Gasteiger partial charge on any atom is 0.251 e. The molecule has 0 fully saturated rings. The van der Waals surface area contributed by atoms with Crippen LogP contribution in [0.15, 0.2) is 48.7 Å². The molecular weight excluding hydrogens is 309 g/mol. The molecule has 1 aromatic carbocycles. The molecule has 106 valence electrons. The second-order valence-electron chi connectivity index (χ2n) is 4.50. The van der Waals surface area contributed by atoms with E-state index < -0.39 is 0 Å². The third kappa shape index (κ3) is 3.01. The van der Waals surface area contributed by atoms with Crippen molar-refractivity contribution in [3.05, 3.63) is 70.1 Å². The Morgan fingerprint density at radius 2 is 1.90 bits per heavy atom. The van der Waals surface area contributed by atoms with Crippen LogP contribution in [-0.4, -0.2) is 15.3 Å². The Labute approximate surface area is 131 Å². The summed E-state index contributed by atoms with van der Waals surface area (Å²) in [6.07, 6.45) is 1.81. The number of hydrogen-bond donors (Lipinski definition) is 1. The SMILES string of the molecule is O=C(NCc1cn2c(Cl)cccc2n1)c1ccc(Cl)cc1. The summed E-state index contributed by atoms with van der Waals surface area (Å²) in [7, 11) is 0. The number of fused-ring (bicyclic) bond motifs is 1. The highest BCUT2D eigenvalue weighted by atomic mass is 35.5. The van der Waals surface area contributed by atoms with Crippen LogP contribution in [0.3, 0.4) is 0 Å². The molecule has 0 atom stereocenters. The van der Waals surface area contributed by atoms with Gasteiger partial charge >= 0.3 is 0 Å². The van der Waals surface area contributed by atoms with Crippen molar-refractivity contribution in [2.75, 3.05) is 0 Å². The Hall–Kier alpha value is -2.04. The van der Waals surface area contributed by atoms with Crippen LogP contribution in [0.5, 0.6) is 0 Å². The van der Waals surface area contributed by atoms with E-state index in [1.807, 2.05) is 12.1 Å². The number of aromatic nitrogens is 2. The van der Waals surface area contributed by atoms with Crippen LogP contribution in [0.1, 0.15) is 16.1 Å². The van der Waals surface area contributed by atoms with Gasteiger partial charge in [-0.05, 0) is 36.4 Å². The van der Waals surface area contributed by atoms with E-state index in [0.29, 0.717) is 22.3 Å². The number of rotatable bonds is 3. The number of imidazole rings is 1. The van der Waals surface area contributed by atoms with E-state index in [0.717, 1.165) is 11.3 Å². The van der Waals surface area contributed by atoms with Crippen molar-refractivity contribution >= 4 is 34.8 Å². The summed E-state index contributed by atoms with van der Waals surface area (Å²) in [5, 5.41) is 3.99. The van der Waals surface area contributed by atoms with Crippen molar-refractivity contribution in [2.45, 2.75) is 6.54 Å². The molecular formula is C15H11Cl2N3O. The van der Waals surface area contributed by atoms with E-state index in [1.165, 1.54) is 0 Å². The highest BCUT2D eigenvalue weighted by molar-refractivity contribution is 6.30. The fourth-order valence-electron chi connectivity index (χ4n) is 1.99. The average Bonchev–Trinajstić information content (AvgIpc) is 2.90. The summed E-state index contributed by atoms with van der Waals surface area (Å²) in [6, 6.07) is 12.2. The Morgan fingerprint density at radius 3 is 2.62 bits per heavy atom. The first-order chi connectivity index (χ1) is 10.1. The number of benzene rings is 1. The molecule has 1 N–H and O–H groups in total. The van der Waals surface area contributed by atoms with Crippen molar-refractivity contribution in [3.63, 3.8) is 0 Å². The molecule has 0 radical (unpaired) electrons. The van der Waals surface area contributed by atoms with Crippen LogP contribution in [0.4, 0.5) is 0 Å². The topological polar surface area (TPSA) is 46.4 Å². The van der Waals surface area contributed by atoms with Crippen molar-refractivity contribution in [1.29, 1.82) is 0 Å². The molecule has 0 spiro atoms. The minimum atomic E-state index is -0.171. The summed E-state index contributed by atoms with van der Waals surface area (Å²) in [5.74, 6) is -0.171. The molecule has 0 unspecified atom stereocenters. The quantitative estimate of drug-likeness (QED) is 0.750. The molecule has 2 aromatic heterocycles. The Bertz CT molecular complexity index is 796. The van der Waals surface area contributed by atoms with Gasteiger partial charge in [-0.3, -0.25) is 9.20 Å². The van der Waals surface area contributed by atoms with Crippen LogP contribution in [0.2, 0.25) is 10.2 Å². The molecule has 3 rings (SSSR count). The summed E-state index contributed by atoms with van der Waals surface area (Å²) < 4.78 is 1.77. The van der Waals surface area contributed by atoms with Gasteiger partial charge in [0.15, 0.2) is 0 Å². The van der Waals surface area contributed by atoms with Gasteiger partial charge in [-0.15, -0.1) is 0 Å². The zero-order valence-corrected chi connectivity index (χ0v) is 12.4.